The average molecular weight is 219 g/mol. The Hall–Kier alpha value is -1.09. The molecule has 1 saturated heterocycles. The monoisotopic (exact) mass is 219 g/mol. The van der Waals surface area contributed by atoms with Crippen molar-refractivity contribution in [3.63, 3.8) is 0 Å². The van der Waals surface area contributed by atoms with Gasteiger partial charge in [0, 0.05) is 30.9 Å². The lowest BCUT2D eigenvalue weighted by Gasteiger charge is -2.38. The van der Waals surface area contributed by atoms with Crippen LogP contribution in [0.1, 0.15) is 32.3 Å². The lowest BCUT2D eigenvalue weighted by molar-refractivity contribution is 0.375. The number of rotatable bonds is 2. The molecule has 2 unspecified atom stereocenters. The van der Waals surface area contributed by atoms with Crippen molar-refractivity contribution < 1.29 is 0 Å². The normalized spacial score (nSPS) is 25.8. The van der Waals surface area contributed by atoms with E-state index in [9.17, 15) is 0 Å². The zero-order valence-electron chi connectivity index (χ0n) is 10.2. The number of nitrogens with two attached hydrogens (primary N) is 1. The highest BCUT2D eigenvalue weighted by Crippen LogP contribution is 2.28. The number of hydrogen-bond donors (Lipinski definition) is 1. The lowest BCUT2D eigenvalue weighted by Crippen LogP contribution is -2.41. The first-order valence-electron chi connectivity index (χ1n) is 6.13. The Kier molecular flexibility index (Phi) is 3.44. The largest absolute Gasteiger partial charge is 0.354 e. The number of anilines is 1. The molecule has 0 amide bonds. The van der Waals surface area contributed by atoms with Gasteiger partial charge < -0.3 is 10.6 Å². The number of nitrogens with zero attached hydrogens (tertiary/aromatic N) is 2. The van der Waals surface area contributed by atoms with Crippen molar-refractivity contribution in [2.75, 3.05) is 11.4 Å². The van der Waals surface area contributed by atoms with Crippen molar-refractivity contribution >= 4 is 5.82 Å². The Balaban J connectivity index is 2.23. The van der Waals surface area contributed by atoms with Crippen LogP contribution >= 0.6 is 0 Å². The predicted molar refractivity (Wildman–Crippen MR) is 67.3 cm³/mol. The molecule has 16 heavy (non-hydrogen) atoms. The third-order valence-corrected chi connectivity index (χ3v) is 3.50. The molecule has 0 aromatic carbocycles. The first-order chi connectivity index (χ1) is 7.72. The van der Waals surface area contributed by atoms with Crippen molar-refractivity contribution in [2.45, 2.75) is 39.3 Å². The van der Waals surface area contributed by atoms with Crippen LogP contribution in [0.2, 0.25) is 0 Å². The molecule has 1 aromatic heterocycles. The summed E-state index contributed by atoms with van der Waals surface area (Å²) in [6.07, 6.45) is 4.37. The van der Waals surface area contributed by atoms with Crippen molar-refractivity contribution in [1.29, 1.82) is 0 Å². The van der Waals surface area contributed by atoms with Gasteiger partial charge in [0.2, 0.25) is 0 Å². The fourth-order valence-electron chi connectivity index (χ4n) is 2.57. The molecule has 0 aliphatic carbocycles. The summed E-state index contributed by atoms with van der Waals surface area (Å²) in [4.78, 5) is 6.90. The zero-order chi connectivity index (χ0) is 11.5. The molecule has 1 fully saturated rings. The maximum Gasteiger partial charge on any atom is 0.133 e. The van der Waals surface area contributed by atoms with E-state index in [1.165, 1.54) is 12.8 Å². The van der Waals surface area contributed by atoms with Gasteiger partial charge in [-0.25, -0.2) is 4.98 Å². The van der Waals surface area contributed by atoms with Gasteiger partial charge >= 0.3 is 0 Å². The maximum atomic E-state index is 5.76. The zero-order valence-corrected chi connectivity index (χ0v) is 10.2. The molecule has 2 rings (SSSR count). The van der Waals surface area contributed by atoms with Crippen LogP contribution in [0, 0.1) is 5.92 Å². The average Bonchev–Trinajstić information content (AvgIpc) is 2.29. The van der Waals surface area contributed by atoms with E-state index in [4.69, 9.17) is 5.73 Å². The van der Waals surface area contributed by atoms with E-state index in [1.54, 1.807) is 0 Å². The third kappa shape index (κ3) is 2.19. The molecule has 0 spiro atoms. The number of aromatic nitrogens is 1. The van der Waals surface area contributed by atoms with E-state index in [0.29, 0.717) is 12.6 Å². The van der Waals surface area contributed by atoms with Crippen molar-refractivity contribution in [3.8, 4) is 0 Å². The molecule has 2 N–H and O–H groups in total. The van der Waals surface area contributed by atoms with E-state index in [2.05, 4.69) is 29.8 Å². The van der Waals surface area contributed by atoms with Crippen LogP contribution in [0.3, 0.4) is 0 Å². The van der Waals surface area contributed by atoms with Gasteiger partial charge in [-0.1, -0.05) is 13.0 Å². The first-order valence-corrected chi connectivity index (χ1v) is 6.13. The smallest absolute Gasteiger partial charge is 0.133 e. The van der Waals surface area contributed by atoms with Crippen LogP contribution in [-0.2, 0) is 6.54 Å². The molecular formula is C13H21N3. The van der Waals surface area contributed by atoms with Crippen molar-refractivity contribution in [3.05, 3.63) is 23.9 Å². The molecule has 2 atom stereocenters. The van der Waals surface area contributed by atoms with Gasteiger partial charge in [-0.15, -0.1) is 0 Å². The third-order valence-electron chi connectivity index (χ3n) is 3.50. The summed E-state index contributed by atoms with van der Waals surface area (Å²) < 4.78 is 0. The Morgan fingerprint density at radius 3 is 3.00 bits per heavy atom. The highest BCUT2D eigenvalue weighted by Gasteiger charge is 2.24. The second kappa shape index (κ2) is 4.83. The molecule has 1 aliphatic heterocycles. The quantitative estimate of drug-likeness (QED) is 0.829. The SMILES string of the molecule is CC1CCN(c2ncccc2CN)C(C)C1. The van der Waals surface area contributed by atoms with Gasteiger partial charge in [0.25, 0.3) is 0 Å². The van der Waals surface area contributed by atoms with Gasteiger partial charge in [-0.2, -0.15) is 0 Å². The van der Waals surface area contributed by atoms with Crippen LogP contribution in [0.25, 0.3) is 0 Å². The Morgan fingerprint density at radius 2 is 2.31 bits per heavy atom. The summed E-state index contributed by atoms with van der Waals surface area (Å²) in [5, 5.41) is 0. The molecule has 3 heteroatoms. The van der Waals surface area contributed by atoms with Crippen LogP contribution in [-0.4, -0.2) is 17.6 Å². The van der Waals surface area contributed by atoms with E-state index in [1.807, 2.05) is 12.3 Å². The topological polar surface area (TPSA) is 42.2 Å². The summed E-state index contributed by atoms with van der Waals surface area (Å²) >= 11 is 0. The molecular weight excluding hydrogens is 198 g/mol. The summed E-state index contributed by atoms with van der Waals surface area (Å²) in [5.41, 5.74) is 6.92. The van der Waals surface area contributed by atoms with Gasteiger partial charge in [0.1, 0.15) is 5.82 Å². The van der Waals surface area contributed by atoms with Gasteiger partial charge in [-0.05, 0) is 31.7 Å². The number of piperidine rings is 1. The van der Waals surface area contributed by atoms with Crippen LogP contribution in [0.5, 0.6) is 0 Å². The van der Waals surface area contributed by atoms with E-state index in [0.717, 1.165) is 23.8 Å². The van der Waals surface area contributed by atoms with Gasteiger partial charge in [0.15, 0.2) is 0 Å². The summed E-state index contributed by atoms with van der Waals surface area (Å²) in [7, 11) is 0. The summed E-state index contributed by atoms with van der Waals surface area (Å²) in [6, 6.07) is 4.61. The van der Waals surface area contributed by atoms with Crippen LogP contribution < -0.4 is 10.6 Å². The van der Waals surface area contributed by atoms with E-state index < -0.39 is 0 Å². The Morgan fingerprint density at radius 1 is 1.50 bits per heavy atom. The molecule has 0 bridgehead atoms. The minimum atomic E-state index is 0.571. The molecule has 3 nitrogen and oxygen atoms in total. The second-order valence-electron chi connectivity index (χ2n) is 4.86. The van der Waals surface area contributed by atoms with Gasteiger partial charge in [-0.3, -0.25) is 0 Å². The van der Waals surface area contributed by atoms with Crippen molar-refractivity contribution in [1.82, 2.24) is 4.98 Å². The summed E-state index contributed by atoms with van der Waals surface area (Å²) in [6.45, 7) is 6.29. The maximum absolute atomic E-state index is 5.76. The predicted octanol–water partition coefficient (Wildman–Crippen LogP) is 2.17. The molecule has 2 heterocycles. The fourth-order valence-corrected chi connectivity index (χ4v) is 2.57. The second-order valence-corrected chi connectivity index (χ2v) is 4.86. The molecule has 88 valence electrons. The Bertz CT molecular complexity index is 351. The summed E-state index contributed by atoms with van der Waals surface area (Å²) in [5.74, 6) is 1.92. The lowest BCUT2D eigenvalue weighted by atomic mass is 9.93. The number of hydrogen-bond acceptors (Lipinski definition) is 3. The highest BCUT2D eigenvalue weighted by molar-refractivity contribution is 5.47. The fraction of sp³-hybridized carbons (Fsp3) is 0.615. The standard InChI is InChI=1S/C13H21N3/c1-10-5-7-16(11(2)8-10)13-12(9-14)4-3-6-15-13/h3-4,6,10-11H,5,7-9,14H2,1-2H3. The van der Waals surface area contributed by atoms with Crippen molar-refractivity contribution in [2.24, 2.45) is 11.7 Å². The minimum Gasteiger partial charge on any atom is -0.354 e. The minimum absolute atomic E-state index is 0.571. The Labute approximate surface area is 97.7 Å². The number of pyridine rings is 1. The highest BCUT2D eigenvalue weighted by atomic mass is 15.2. The van der Waals surface area contributed by atoms with E-state index in [-0.39, 0.29) is 0 Å². The van der Waals surface area contributed by atoms with E-state index >= 15 is 0 Å². The molecule has 1 aromatic rings. The first kappa shape index (κ1) is 11.4. The van der Waals surface area contributed by atoms with Crippen LogP contribution in [0.4, 0.5) is 5.82 Å². The van der Waals surface area contributed by atoms with Gasteiger partial charge in [0.05, 0.1) is 0 Å². The molecule has 0 saturated carbocycles. The molecule has 1 aliphatic rings. The molecule has 0 radical (unpaired) electrons. The van der Waals surface area contributed by atoms with Crippen LogP contribution in [0.15, 0.2) is 18.3 Å².